The molecule has 0 amide bonds. The van der Waals surface area contributed by atoms with Crippen LogP contribution in [-0.4, -0.2) is 11.1 Å². The molecule has 2 rings (SSSR count). The predicted octanol–water partition coefficient (Wildman–Crippen LogP) is 3.48. The van der Waals surface area contributed by atoms with E-state index in [0.29, 0.717) is 16.7 Å². The van der Waals surface area contributed by atoms with Crippen molar-refractivity contribution in [2.24, 2.45) is 0 Å². The van der Waals surface area contributed by atoms with Crippen LogP contribution in [0.4, 0.5) is 8.78 Å². The summed E-state index contributed by atoms with van der Waals surface area (Å²) in [5, 5.41) is 8.89. The van der Waals surface area contributed by atoms with Crippen molar-refractivity contribution in [1.29, 1.82) is 0 Å². The maximum absolute atomic E-state index is 13.2. The lowest BCUT2D eigenvalue weighted by molar-refractivity contribution is -0.131. The molecule has 0 aliphatic carbocycles. The lowest BCUT2D eigenvalue weighted by atomic mass is 9.97. The Hall–Kier alpha value is -2.49. The Morgan fingerprint density at radius 2 is 1.63 bits per heavy atom. The van der Waals surface area contributed by atoms with Gasteiger partial charge in [-0.2, -0.15) is 0 Å². The highest BCUT2D eigenvalue weighted by molar-refractivity contribution is 5.95. The van der Waals surface area contributed by atoms with Crippen molar-refractivity contribution in [3.05, 3.63) is 77.4 Å². The molecule has 0 saturated carbocycles. The standard InChI is InChI=1S/C15H10F2O2/c16-13-7-6-11(8-14(13)17)12(9-15(18)19)10-4-2-1-3-5-10/h1-9H,(H,18,19)/b12-9-. The van der Waals surface area contributed by atoms with Crippen LogP contribution >= 0.6 is 0 Å². The maximum atomic E-state index is 13.2. The van der Waals surface area contributed by atoms with Gasteiger partial charge in [-0.15, -0.1) is 0 Å². The number of halogens is 2. The fourth-order valence-corrected chi connectivity index (χ4v) is 1.74. The Kier molecular flexibility index (Phi) is 3.71. The van der Waals surface area contributed by atoms with Gasteiger partial charge < -0.3 is 5.11 Å². The van der Waals surface area contributed by atoms with Crippen molar-refractivity contribution in [2.75, 3.05) is 0 Å². The Labute approximate surface area is 108 Å². The summed E-state index contributed by atoms with van der Waals surface area (Å²) in [6.45, 7) is 0. The average Bonchev–Trinajstić information content (AvgIpc) is 2.40. The summed E-state index contributed by atoms with van der Waals surface area (Å²) < 4.78 is 26.2. The Bertz CT molecular complexity index is 634. The molecule has 2 aromatic rings. The first kappa shape index (κ1) is 13.0. The van der Waals surface area contributed by atoms with Gasteiger partial charge in [-0.25, -0.2) is 13.6 Å². The predicted molar refractivity (Wildman–Crippen MR) is 67.5 cm³/mol. The van der Waals surface area contributed by atoms with Crippen molar-refractivity contribution >= 4 is 11.5 Å². The Morgan fingerprint density at radius 1 is 0.947 bits per heavy atom. The summed E-state index contributed by atoms with van der Waals surface area (Å²) in [7, 11) is 0. The van der Waals surface area contributed by atoms with E-state index >= 15 is 0 Å². The van der Waals surface area contributed by atoms with E-state index in [1.54, 1.807) is 30.3 Å². The molecule has 1 N–H and O–H groups in total. The molecule has 0 radical (unpaired) electrons. The molecule has 0 aliphatic rings. The molecule has 0 aliphatic heterocycles. The Balaban J connectivity index is 2.56. The van der Waals surface area contributed by atoms with Gasteiger partial charge in [0, 0.05) is 6.08 Å². The van der Waals surface area contributed by atoms with E-state index in [4.69, 9.17) is 5.11 Å². The van der Waals surface area contributed by atoms with E-state index in [9.17, 15) is 13.6 Å². The van der Waals surface area contributed by atoms with Crippen LogP contribution < -0.4 is 0 Å². The van der Waals surface area contributed by atoms with Gasteiger partial charge in [0.2, 0.25) is 0 Å². The van der Waals surface area contributed by atoms with Crippen LogP contribution in [0.3, 0.4) is 0 Å². The highest BCUT2D eigenvalue weighted by atomic mass is 19.2. The smallest absolute Gasteiger partial charge is 0.328 e. The number of hydrogen-bond donors (Lipinski definition) is 1. The van der Waals surface area contributed by atoms with Crippen LogP contribution in [-0.2, 0) is 4.79 Å². The molecule has 0 atom stereocenters. The van der Waals surface area contributed by atoms with Gasteiger partial charge in [-0.05, 0) is 28.8 Å². The van der Waals surface area contributed by atoms with Gasteiger partial charge in [0.1, 0.15) is 0 Å². The lowest BCUT2D eigenvalue weighted by Gasteiger charge is -2.08. The molecule has 0 fully saturated rings. The number of aliphatic carboxylic acids is 1. The number of benzene rings is 2. The quantitative estimate of drug-likeness (QED) is 0.858. The van der Waals surface area contributed by atoms with E-state index in [2.05, 4.69) is 0 Å². The van der Waals surface area contributed by atoms with Crippen molar-refractivity contribution in [1.82, 2.24) is 0 Å². The molecule has 2 aromatic carbocycles. The summed E-state index contributed by atoms with van der Waals surface area (Å²) in [6.07, 6.45) is 0.974. The number of hydrogen-bond acceptors (Lipinski definition) is 1. The average molecular weight is 260 g/mol. The van der Waals surface area contributed by atoms with E-state index in [-0.39, 0.29) is 0 Å². The molecule has 0 bridgehead atoms. The third-order valence-electron chi connectivity index (χ3n) is 2.58. The molecule has 0 unspecified atom stereocenters. The molecule has 2 nitrogen and oxygen atoms in total. The molecule has 0 heterocycles. The van der Waals surface area contributed by atoms with Gasteiger partial charge in [0.15, 0.2) is 11.6 Å². The summed E-state index contributed by atoms with van der Waals surface area (Å²) in [5.74, 6) is -3.13. The monoisotopic (exact) mass is 260 g/mol. The summed E-state index contributed by atoms with van der Waals surface area (Å²) in [6, 6.07) is 12.0. The first-order valence-electron chi connectivity index (χ1n) is 5.53. The highest BCUT2D eigenvalue weighted by Crippen LogP contribution is 2.24. The maximum Gasteiger partial charge on any atom is 0.328 e. The molecule has 19 heavy (non-hydrogen) atoms. The summed E-state index contributed by atoms with van der Waals surface area (Å²) in [4.78, 5) is 10.9. The minimum Gasteiger partial charge on any atom is -0.478 e. The van der Waals surface area contributed by atoms with Crippen molar-refractivity contribution in [2.45, 2.75) is 0 Å². The van der Waals surface area contributed by atoms with Crippen molar-refractivity contribution in [3.63, 3.8) is 0 Å². The second-order valence-corrected chi connectivity index (χ2v) is 3.89. The molecule has 4 heteroatoms. The first-order valence-corrected chi connectivity index (χ1v) is 5.53. The van der Waals surface area contributed by atoms with E-state index < -0.39 is 17.6 Å². The van der Waals surface area contributed by atoms with Crippen LogP contribution in [0.15, 0.2) is 54.6 Å². The number of rotatable bonds is 3. The molecular weight excluding hydrogens is 250 g/mol. The van der Waals surface area contributed by atoms with E-state index in [0.717, 1.165) is 18.2 Å². The van der Waals surface area contributed by atoms with Gasteiger partial charge >= 0.3 is 5.97 Å². The number of carbonyl (C=O) groups is 1. The third kappa shape index (κ3) is 3.04. The van der Waals surface area contributed by atoms with Crippen LogP contribution in [0.25, 0.3) is 5.57 Å². The number of carboxylic acid groups (broad SMARTS) is 1. The minimum absolute atomic E-state index is 0.313. The fraction of sp³-hybridized carbons (Fsp3) is 0. The highest BCUT2D eigenvalue weighted by Gasteiger charge is 2.10. The zero-order chi connectivity index (χ0) is 13.8. The van der Waals surface area contributed by atoms with Gasteiger partial charge in [0.05, 0.1) is 0 Å². The van der Waals surface area contributed by atoms with Crippen LogP contribution in [0.5, 0.6) is 0 Å². The molecular formula is C15H10F2O2. The van der Waals surface area contributed by atoms with Crippen LogP contribution in [0.2, 0.25) is 0 Å². The van der Waals surface area contributed by atoms with Gasteiger partial charge in [-0.3, -0.25) is 0 Å². The third-order valence-corrected chi connectivity index (χ3v) is 2.58. The van der Waals surface area contributed by atoms with E-state index in [1.807, 2.05) is 0 Å². The molecule has 96 valence electrons. The summed E-state index contributed by atoms with van der Waals surface area (Å²) >= 11 is 0. The van der Waals surface area contributed by atoms with Crippen molar-refractivity contribution in [3.8, 4) is 0 Å². The molecule has 0 saturated heterocycles. The second kappa shape index (κ2) is 5.44. The SMILES string of the molecule is O=C(O)/C=C(/c1ccccc1)c1ccc(F)c(F)c1. The van der Waals surface area contributed by atoms with Crippen molar-refractivity contribution < 1.29 is 18.7 Å². The first-order chi connectivity index (χ1) is 9.08. The van der Waals surface area contributed by atoms with E-state index in [1.165, 1.54) is 6.07 Å². The Morgan fingerprint density at radius 3 is 2.21 bits per heavy atom. The van der Waals surface area contributed by atoms with Crippen LogP contribution in [0, 0.1) is 11.6 Å². The van der Waals surface area contributed by atoms with Crippen LogP contribution in [0.1, 0.15) is 11.1 Å². The second-order valence-electron chi connectivity index (χ2n) is 3.89. The normalized spacial score (nSPS) is 11.4. The van der Waals surface area contributed by atoms with Gasteiger partial charge in [0.25, 0.3) is 0 Å². The topological polar surface area (TPSA) is 37.3 Å². The fourth-order valence-electron chi connectivity index (χ4n) is 1.74. The zero-order valence-electron chi connectivity index (χ0n) is 9.81. The molecule has 0 spiro atoms. The minimum atomic E-state index is -1.15. The lowest BCUT2D eigenvalue weighted by Crippen LogP contribution is -1.96. The zero-order valence-corrected chi connectivity index (χ0v) is 9.81. The largest absolute Gasteiger partial charge is 0.478 e. The molecule has 0 aromatic heterocycles. The number of carboxylic acids is 1. The summed E-state index contributed by atoms with van der Waals surface area (Å²) in [5.41, 5.74) is 1.26. The van der Waals surface area contributed by atoms with Gasteiger partial charge in [-0.1, -0.05) is 36.4 Å².